The van der Waals surface area contributed by atoms with Crippen LogP contribution in [0.1, 0.15) is 37.2 Å². The molecule has 0 aliphatic rings. The molecule has 2 rings (SSSR count). The third-order valence-corrected chi connectivity index (χ3v) is 3.63. The van der Waals surface area contributed by atoms with Gasteiger partial charge < -0.3 is 14.4 Å². The van der Waals surface area contributed by atoms with E-state index in [0.717, 1.165) is 4.47 Å². The molecule has 0 amide bonds. The van der Waals surface area contributed by atoms with Crippen LogP contribution in [0.4, 0.5) is 0 Å². The van der Waals surface area contributed by atoms with Gasteiger partial charge in [-0.05, 0) is 39.0 Å². The van der Waals surface area contributed by atoms with Gasteiger partial charge in [-0.3, -0.25) is 4.79 Å². The highest BCUT2D eigenvalue weighted by Gasteiger charge is 2.24. The number of fused-ring (bicyclic) bond motifs is 1. The van der Waals surface area contributed by atoms with Crippen LogP contribution in [0.5, 0.6) is 5.75 Å². The van der Waals surface area contributed by atoms with Gasteiger partial charge in [0.15, 0.2) is 5.56 Å². The molecule has 0 radical (unpaired) electrons. The minimum Gasteiger partial charge on any atom is -0.506 e. The van der Waals surface area contributed by atoms with Crippen LogP contribution in [0.3, 0.4) is 0 Å². The number of aromatic hydroxyl groups is 1. The molecule has 5 nitrogen and oxygen atoms in total. The van der Waals surface area contributed by atoms with Crippen molar-refractivity contribution in [2.24, 2.45) is 0 Å². The second-order valence-corrected chi connectivity index (χ2v) is 5.79. The SMILES string of the molecule is CCOC(=O)c1c(O)c2ccc(Br)cc2n(C(C)C)c1=O. The number of halogens is 1. The van der Waals surface area contributed by atoms with Crippen LogP contribution in [0, 0.1) is 0 Å². The highest BCUT2D eigenvalue weighted by molar-refractivity contribution is 9.10. The number of esters is 1. The van der Waals surface area contributed by atoms with Crippen molar-refractivity contribution in [2.45, 2.75) is 26.8 Å². The van der Waals surface area contributed by atoms with Gasteiger partial charge in [0.1, 0.15) is 5.75 Å². The summed E-state index contributed by atoms with van der Waals surface area (Å²) in [7, 11) is 0. The number of carbonyl (C=O) groups excluding carboxylic acids is 1. The summed E-state index contributed by atoms with van der Waals surface area (Å²) in [5.41, 5.74) is -0.304. The lowest BCUT2D eigenvalue weighted by molar-refractivity contribution is 0.0520. The lowest BCUT2D eigenvalue weighted by Gasteiger charge is -2.17. The molecule has 1 aromatic carbocycles. The third kappa shape index (κ3) is 2.68. The molecule has 2 aromatic rings. The van der Waals surface area contributed by atoms with Crippen LogP contribution < -0.4 is 5.56 Å². The number of hydrogen-bond donors (Lipinski definition) is 1. The van der Waals surface area contributed by atoms with Crippen molar-refractivity contribution < 1.29 is 14.6 Å². The Morgan fingerprint density at radius 3 is 2.67 bits per heavy atom. The van der Waals surface area contributed by atoms with Crippen LogP contribution in [0.2, 0.25) is 0 Å². The number of pyridine rings is 1. The van der Waals surface area contributed by atoms with Crippen LogP contribution in [-0.4, -0.2) is 22.2 Å². The molecule has 21 heavy (non-hydrogen) atoms. The Kier molecular flexibility index (Phi) is 4.37. The molecule has 1 heterocycles. The zero-order valence-corrected chi connectivity index (χ0v) is 13.6. The molecule has 1 N–H and O–H groups in total. The predicted molar refractivity (Wildman–Crippen MR) is 83.9 cm³/mol. The maximum absolute atomic E-state index is 12.6. The van der Waals surface area contributed by atoms with Gasteiger partial charge in [-0.2, -0.15) is 0 Å². The first-order valence-corrected chi connectivity index (χ1v) is 7.41. The van der Waals surface area contributed by atoms with Gasteiger partial charge in [-0.25, -0.2) is 4.79 Å². The van der Waals surface area contributed by atoms with Crippen molar-refractivity contribution in [3.63, 3.8) is 0 Å². The highest BCUT2D eigenvalue weighted by atomic mass is 79.9. The normalized spacial score (nSPS) is 11.1. The Bertz CT molecular complexity index is 764. The van der Waals surface area contributed by atoms with Gasteiger partial charge >= 0.3 is 5.97 Å². The summed E-state index contributed by atoms with van der Waals surface area (Å²) in [6.45, 7) is 5.47. The molecular formula is C15H16BrNO4. The molecule has 0 aliphatic carbocycles. The predicted octanol–water partition coefficient (Wildman–Crippen LogP) is 3.23. The number of ether oxygens (including phenoxy) is 1. The van der Waals surface area contributed by atoms with Crippen LogP contribution >= 0.6 is 15.9 Å². The van der Waals surface area contributed by atoms with Crippen molar-refractivity contribution in [1.82, 2.24) is 4.57 Å². The van der Waals surface area contributed by atoms with Gasteiger partial charge in [0.05, 0.1) is 12.1 Å². The smallest absolute Gasteiger partial charge is 0.347 e. The Balaban J connectivity index is 2.93. The summed E-state index contributed by atoms with van der Waals surface area (Å²) in [4.78, 5) is 24.5. The first kappa shape index (κ1) is 15.6. The molecule has 0 aliphatic heterocycles. The van der Waals surface area contributed by atoms with Gasteiger partial charge in [-0.15, -0.1) is 0 Å². The first-order valence-electron chi connectivity index (χ1n) is 6.62. The molecule has 0 bridgehead atoms. The fraction of sp³-hybridized carbons (Fsp3) is 0.333. The van der Waals surface area contributed by atoms with E-state index in [1.165, 1.54) is 4.57 Å². The number of nitrogens with zero attached hydrogens (tertiary/aromatic N) is 1. The van der Waals surface area contributed by atoms with Gasteiger partial charge in [0.25, 0.3) is 5.56 Å². The average molecular weight is 354 g/mol. The fourth-order valence-corrected chi connectivity index (χ4v) is 2.62. The van der Waals surface area contributed by atoms with Crippen molar-refractivity contribution in [3.8, 4) is 5.75 Å². The summed E-state index contributed by atoms with van der Waals surface area (Å²) in [5.74, 6) is -1.14. The minimum absolute atomic E-state index is 0.137. The number of rotatable bonds is 3. The third-order valence-electron chi connectivity index (χ3n) is 3.14. The summed E-state index contributed by atoms with van der Waals surface area (Å²) in [6, 6.07) is 4.98. The maximum Gasteiger partial charge on any atom is 0.347 e. The van der Waals surface area contributed by atoms with E-state index >= 15 is 0 Å². The van der Waals surface area contributed by atoms with E-state index in [9.17, 15) is 14.7 Å². The fourth-order valence-electron chi connectivity index (χ4n) is 2.27. The van der Waals surface area contributed by atoms with E-state index in [-0.39, 0.29) is 24.0 Å². The molecule has 0 fully saturated rings. The molecule has 0 atom stereocenters. The number of benzene rings is 1. The van der Waals surface area contributed by atoms with E-state index in [1.807, 2.05) is 13.8 Å². The zero-order valence-electron chi connectivity index (χ0n) is 12.0. The molecule has 0 unspecified atom stereocenters. The standard InChI is InChI=1S/C15H16BrNO4/c1-4-21-15(20)12-13(18)10-6-5-9(16)7-11(10)17(8(2)3)14(12)19/h5-8,18H,4H2,1-3H3. The Hall–Kier alpha value is -1.82. The van der Waals surface area contributed by atoms with E-state index in [1.54, 1.807) is 25.1 Å². The van der Waals surface area contributed by atoms with Gasteiger partial charge in [0, 0.05) is 15.9 Å². The summed E-state index contributed by atoms with van der Waals surface area (Å²) in [6.07, 6.45) is 0. The van der Waals surface area contributed by atoms with Crippen molar-refractivity contribution in [3.05, 3.63) is 38.6 Å². The molecule has 1 aromatic heterocycles. The largest absolute Gasteiger partial charge is 0.506 e. The van der Waals surface area contributed by atoms with Gasteiger partial charge in [0.2, 0.25) is 0 Å². The Labute approximate surface area is 130 Å². The maximum atomic E-state index is 12.6. The molecule has 0 saturated heterocycles. The lowest BCUT2D eigenvalue weighted by atomic mass is 10.1. The zero-order chi connectivity index (χ0) is 15.7. The van der Waals surface area contributed by atoms with Gasteiger partial charge in [-0.1, -0.05) is 15.9 Å². The second-order valence-electron chi connectivity index (χ2n) is 4.87. The summed E-state index contributed by atoms with van der Waals surface area (Å²) < 4.78 is 7.14. The number of hydrogen-bond acceptors (Lipinski definition) is 4. The molecule has 0 saturated carbocycles. The number of aromatic nitrogens is 1. The van der Waals surface area contributed by atoms with Crippen LogP contribution in [0.15, 0.2) is 27.5 Å². The van der Waals surface area contributed by atoms with Crippen LogP contribution in [0.25, 0.3) is 10.9 Å². The van der Waals surface area contributed by atoms with E-state index < -0.39 is 11.5 Å². The minimum atomic E-state index is -0.806. The Morgan fingerprint density at radius 1 is 1.43 bits per heavy atom. The monoisotopic (exact) mass is 353 g/mol. The highest BCUT2D eigenvalue weighted by Crippen LogP contribution is 2.30. The molecular weight excluding hydrogens is 338 g/mol. The van der Waals surface area contributed by atoms with E-state index in [4.69, 9.17) is 4.74 Å². The summed E-state index contributed by atoms with van der Waals surface area (Å²) >= 11 is 3.35. The first-order chi connectivity index (χ1) is 9.88. The van der Waals surface area contributed by atoms with E-state index in [0.29, 0.717) is 10.9 Å². The van der Waals surface area contributed by atoms with Crippen molar-refractivity contribution in [1.29, 1.82) is 0 Å². The molecule has 0 spiro atoms. The molecule has 6 heteroatoms. The number of carbonyl (C=O) groups is 1. The van der Waals surface area contributed by atoms with Crippen molar-refractivity contribution in [2.75, 3.05) is 6.61 Å². The van der Waals surface area contributed by atoms with Crippen molar-refractivity contribution >= 4 is 32.8 Å². The Morgan fingerprint density at radius 2 is 2.10 bits per heavy atom. The quantitative estimate of drug-likeness (QED) is 0.860. The lowest BCUT2D eigenvalue weighted by Crippen LogP contribution is -2.29. The molecule has 112 valence electrons. The van der Waals surface area contributed by atoms with Crippen LogP contribution in [-0.2, 0) is 4.74 Å². The second kappa shape index (κ2) is 5.89. The summed E-state index contributed by atoms with van der Waals surface area (Å²) in [5, 5.41) is 10.7. The topological polar surface area (TPSA) is 68.5 Å². The van der Waals surface area contributed by atoms with E-state index in [2.05, 4.69) is 15.9 Å². The average Bonchev–Trinajstić information content (AvgIpc) is 2.38.